The maximum atomic E-state index is 12.5. The van der Waals surface area contributed by atoms with Crippen molar-refractivity contribution in [3.8, 4) is 0 Å². The minimum absolute atomic E-state index is 0.0665. The molecule has 2 heterocycles. The molecule has 7 heteroatoms. The highest BCUT2D eigenvalue weighted by molar-refractivity contribution is 5.81. The van der Waals surface area contributed by atoms with Gasteiger partial charge in [0.15, 0.2) is 0 Å². The van der Waals surface area contributed by atoms with Gasteiger partial charge in [0.2, 0.25) is 17.7 Å². The minimum Gasteiger partial charge on any atom is -0.369 e. The van der Waals surface area contributed by atoms with Gasteiger partial charge in [0, 0.05) is 25.6 Å². The Kier molecular flexibility index (Phi) is 7.68. The van der Waals surface area contributed by atoms with Crippen LogP contribution in [0.4, 0.5) is 0 Å². The van der Waals surface area contributed by atoms with Gasteiger partial charge in [-0.25, -0.2) is 0 Å². The molecule has 3 N–H and O–H groups in total. The first-order valence-corrected chi connectivity index (χ1v) is 9.58. The first-order valence-electron chi connectivity index (χ1n) is 9.58. The van der Waals surface area contributed by atoms with E-state index in [4.69, 9.17) is 5.73 Å². The number of carbonyl (C=O) groups excluding carboxylic acids is 3. The molecular weight excluding hydrogens is 320 g/mol. The molecule has 2 fully saturated rings. The lowest BCUT2D eigenvalue weighted by Gasteiger charge is -2.35. The van der Waals surface area contributed by atoms with E-state index in [1.807, 2.05) is 0 Å². The number of unbranched alkanes of at least 4 members (excludes halogenated alkanes) is 1. The van der Waals surface area contributed by atoms with Crippen LogP contribution < -0.4 is 11.1 Å². The van der Waals surface area contributed by atoms with Crippen molar-refractivity contribution in [2.75, 3.05) is 39.3 Å². The summed E-state index contributed by atoms with van der Waals surface area (Å²) in [6.45, 7) is 5.92. The number of hydrogen-bond donors (Lipinski definition) is 2. The smallest absolute Gasteiger partial charge is 0.236 e. The summed E-state index contributed by atoms with van der Waals surface area (Å²) in [7, 11) is 0. The minimum atomic E-state index is -0.313. The van der Waals surface area contributed by atoms with E-state index in [-0.39, 0.29) is 29.6 Å². The monoisotopic (exact) mass is 352 g/mol. The molecule has 1 unspecified atom stereocenters. The molecule has 0 aliphatic carbocycles. The fourth-order valence-corrected chi connectivity index (χ4v) is 3.61. The first kappa shape index (κ1) is 19.7. The molecule has 2 aliphatic rings. The van der Waals surface area contributed by atoms with Gasteiger partial charge >= 0.3 is 0 Å². The maximum absolute atomic E-state index is 12.5. The summed E-state index contributed by atoms with van der Waals surface area (Å²) in [5.74, 6) is -0.239. The SMILES string of the molecule is CCCCNC(=O)C1CCN(CC(=O)N2CCCC(C(N)=O)C2)CC1. The number of amides is 3. The number of nitrogens with zero attached hydrogens (tertiary/aromatic N) is 2. The third kappa shape index (κ3) is 5.99. The van der Waals surface area contributed by atoms with Crippen LogP contribution in [0.3, 0.4) is 0 Å². The lowest BCUT2D eigenvalue weighted by molar-refractivity contribution is -0.136. The van der Waals surface area contributed by atoms with Crippen LogP contribution in [-0.4, -0.2) is 66.8 Å². The lowest BCUT2D eigenvalue weighted by Crippen LogP contribution is -2.49. The van der Waals surface area contributed by atoms with Crippen molar-refractivity contribution < 1.29 is 14.4 Å². The Morgan fingerprint density at radius 3 is 2.44 bits per heavy atom. The second-order valence-electron chi connectivity index (χ2n) is 7.28. The summed E-state index contributed by atoms with van der Waals surface area (Å²) in [5.41, 5.74) is 5.38. The predicted octanol–water partition coefficient (Wildman–Crippen LogP) is 0.339. The number of piperidine rings is 2. The number of nitrogens with one attached hydrogen (secondary N) is 1. The molecule has 25 heavy (non-hydrogen) atoms. The van der Waals surface area contributed by atoms with E-state index >= 15 is 0 Å². The molecule has 0 spiro atoms. The summed E-state index contributed by atoms with van der Waals surface area (Å²) in [6, 6.07) is 0. The fraction of sp³-hybridized carbons (Fsp3) is 0.833. The molecule has 0 aromatic heterocycles. The zero-order valence-corrected chi connectivity index (χ0v) is 15.3. The van der Waals surface area contributed by atoms with Crippen molar-refractivity contribution >= 4 is 17.7 Å². The van der Waals surface area contributed by atoms with Gasteiger partial charge in [-0.1, -0.05) is 13.3 Å². The summed E-state index contributed by atoms with van der Waals surface area (Å²) < 4.78 is 0. The van der Waals surface area contributed by atoms with Gasteiger partial charge in [0.05, 0.1) is 12.5 Å². The molecule has 0 aromatic carbocycles. The van der Waals surface area contributed by atoms with E-state index in [9.17, 15) is 14.4 Å². The van der Waals surface area contributed by atoms with Gasteiger partial charge in [0.1, 0.15) is 0 Å². The van der Waals surface area contributed by atoms with E-state index in [0.29, 0.717) is 19.6 Å². The first-order chi connectivity index (χ1) is 12.0. The second kappa shape index (κ2) is 9.75. The van der Waals surface area contributed by atoms with Crippen LogP contribution in [0.1, 0.15) is 45.4 Å². The van der Waals surface area contributed by atoms with Gasteiger partial charge in [-0.05, 0) is 45.2 Å². The molecule has 0 bridgehead atoms. The average Bonchev–Trinajstić information content (AvgIpc) is 2.62. The summed E-state index contributed by atoms with van der Waals surface area (Å²) in [5, 5.41) is 3.00. The van der Waals surface area contributed by atoms with Crippen molar-refractivity contribution in [2.24, 2.45) is 17.6 Å². The van der Waals surface area contributed by atoms with Crippen LogP contribution in [0.15, 0.2) is 0 Å². The van der Waals surface area contributed by atoms with Crippen molar-refractivity contribution in [3.05, 3.63) is 0 Å². The van der Waals surface area contributed by atoms with E-state index in [0.717, 1.165) is 58.2 Å². The van der Waals surface area contributed by atoms with Crippen molar-refractivity contribution in [2.45, 2.75) is 45.4 Å². The molecule has 1 atom stereocenters. The van der Waals surface area contributed by atoms with Gasteiger partial charge in [-0.15, -0.1) is 0 Å². The Bertz CT molecular complexity index is 475. The number of nitrogens with two attached hydrogens (primary N) is 1. The highest BCUT2D eigenvalue weighted by atomic mass is 16.2. The molecule has 0 aromatic rings. The van der Waals surface area contributed by atoms with Crippen LogP contribution in [0.25, 0.3) is 0 Å². The Morgan fingerprint density at radius 2 is 1.80 bits per heavy atom. The number of likely N-dealkylation sites (tertiary alicyclic amines) is 2. The Balaban J connectivity index is 1.71. The molecule has 142 valence electrons. The average molecular weight is 352 g/mol. The summed E-state index contributed by atoms with van der Waals surface area (Å²) in [4.78, 5) is 39.8. The van der Waals surface area contributed by atoms with Crippen LogP contribution in [0, 0.1) is 11.8 Å². The maximum Gasteiger partial charge on any atom is 0.236 e. The molecule has 2 rings (SSSR count). The molecule has 2 aliphatic heterocycles. The molecule has 0 radical (unpaired) electrons. The predicted molar refractivity (Wildman–Crippen MR) is 95.6 cm³/mol. The van der Waals surface area contributed by atoms with Crippen molar-refractivity contribution in [3.63, 3.8) is 0 Å². The molecule has 7 nitrogen and oxygen atoms in total. The number of rotatable bonds is 7. The number of carbonyl (C=O) groups is 3. The molecule has 3 amide bonds. The van der Waals surface area contributed by atoms with Crippen molar-refractivity contribution in [1.82, 2.24) is 15.1 Å². The highest BCUT2D eigenvalue weighted by Gasteiger charge is 2.30. The quantitative estimate of drug-likeness (QED) is 0.646. The standard InChI is InChI=1S/C18H32N4O3/c1-2-3-8-20-18(25)14-6-10-21(11-7-14)13-16(23)22-9-4-5-15(12-22)17(19)24/h14-15H,2-13H2,1H3,(H2,19,24)(H,20,25). The van der Waals surface area contributed by atoms with Crippen LogP contribution in [0.5, 0.6) is 0 Å². The molecule has 0 saturated carbocycles. The van der Waals surface area contributed by atoms with Gasteiger partial charge < -0.3 is 16.0 Å². The summed E-state index contributed by atoms with van der Waals surface area (Å²) in [6.07, 6.45) is 5.30. The van der Waals surface area contributed by atoms with Gasteiger partial charge in [-0.2, -0.15) is 0 Å². The largest absolute Gasteiger partial charge is 0.369 e. The second-order valence-corrected chi connectivity index (χ2v) is 7.28. The van der Waals surface area contributed by atoms with E-state index < -0.39 is 0 Å². The highest BCUT2D eigenvalue weighted by Crippen LogP contribution is 2.19. The van der Waals surface area contributed by atoms with E-state index in [2.05, 4.69) is 17.1 Å². The van der Waals surface area contributed by atoms with Crippen LogP contribution in [0.2, 0.25) is 0 Å². The molecular formula is C18H32N4O3. The third-order valence-electron chi connectivity index (χ3n) is 5.32. The van der Waals surface area contributed by atoms with Crippen LogP contribution >= 0.6 is 0 Å². The van der Waals surface area contributed by atoms with Crippen LogP contribution in [-0.2, 0) is 14.4 Å². The summed E-state index contributed by atoms with van der Waals surface area (Å²) >= 11 is 0. The topological polar surface area (TPSA) is 95.7 Å². The fourth-order valence-electron chi connectivity index (χ4n) is 3.61. The van der Waals surface area contributed by atoms with Crippen molar-refractivity contribution in [1.29, 1.82) is 0 Å². The Labute approximate surface area is 150 Å². The Morgan fingerprint density at radius 1 is 1.08 bits per heavy atom. The normalized spacial score (nSPS) is 22.6. The van der Waals surface area contributed by atoms with Gasteiger partial charge in [0.25, 0.3) is 0 Å². The number of primary amides is 1. The van der Waals surface area contributed by atoms with Gasteiger partial charge in [-0.3, -0.25) is 19.3 Å². The van der Waals surface area contributed by atoms with E-state index in [1.54, 1.807) is 4.90 Å². The Hall–Kier alpha value is -1.63. The lowest BCUT2D eigenvalue weighted by atomic mass is 9.95. The zero-order chi connectivity index (χ0) is 18.2. The zero-order valence-electron chi connectivity index (χ0n) is 15.3. The third-order valence-corrected chi connectivity index (χ3v) is 5.32. The number of hydrogen-bond acceptors (Lipinski definition) is 4. The van der Waals surface area contributed by atoms with E-state index in [1.165, 1.54) is 0 Å². The molecule has 2 saturated heterocycles.